The van der Waals surface area contributed by atoms with Crippen LogP contribution in [0.1, 0.15) is 26.7 Å². The maximum atomic E-state index is 13.1. The van der Waals surface area contributed by atoms with Crippen LogP contribution in [0.2, 0.25) is 0 Å². The quantitative estimate of drug-likeness (QED) is 0.835. The lowest BCUT2D eigenvalue weighted by Crippen LogP contribution is -2.10. The number of hydrogen-bond donors (Lipinski definition) is 1. The van der Waals surface area contributed by atoms with E-state index in [1.807, 2.05) is 13.8 Å². The molecule has 0 saturated carbocycles. The van der Waals surface area contributed by atoms with Crippen LogP contribution in [0.15, 0.2) is 23.1 Å². The highest BCUT2D eigenvalue weighted by molar-refractivity contribution is 7.85. The van der Waals surface area contributed by atoms with Crippen LogP contribution in [0, 0.1) is 22.6 Å². The second-order valence-electron chi connectivity index (χ2n) is 4.87. The molecule has 0 radical (unpaired) electrons. The van der Waals surface area contributed by atoms with E-state index in [-0.39, 0.29) is 5.69 Å². The number of hydrogen-bond acceptors (Lipinski definition) is 3. The van der Waals surface area contributed by atoms with E-state index in [0.29, 0.717) is 23.5 Å². The lowest BCUT2D eigenvalue weighted by molar-refractivity contribution is 0.447. The van der Waals surface area contributed by atoms with Gasteiger partial charge in [0.25, 0.3) is 0 Å². The van der Waals surface area contributed by atoms with E-state index < -0.39 is 22.0 Å². The minimum Gasteiger partial charge on any atom is -0.399 e. The molecular weight excluding hydrogens is 251 g/mol. The van der Waals surface area contributed by atoms with Crippen molar-refractivity contribution >= 4 is 16.5 Å². The van der Waals surface area contributed by atoms with Crippen molar-refractivity contribution < 1.29 is 8.60 Å². The lowest BCUT2D eigenvalue weighted by atomic mass is 9.90. The van der Waals surface area contributed by atoms with Crippen molar-refractivity contribution in [3.63, 3.8) is 0 Å². The molecule has 18 heavy (non-hydrogen) atoms. The first kappa shape index (κ1) is 14.7. The summed E-state index contributed by atoms with van der Waals surface area (Å²) in [7, 11) is -1.27. The second kappa shape index (κ2) is 5.96. The van der Waals surface area contributed by atoms with Crippen LogP contribution in [0.3, 0.4) is 0 Å². The SMILES string of the molecule is CC(C)(C#N)CCCS(=O)c1cc(N)cc(F)c1. The van der Waals surface area contributed by atoms with Gasteiger partial charge in [-0.2, -0.15) is 5.26 Å². The second-order valence-corrected chi connectivity index (χ2v) is 6.44. The maximum Gasteiger partial charge on any atom is 0.126 e. The van der Waals surface area contributed by atoms with E-state index in [1.165, 1.54) is 18.2 Å². The first-order valence-electron chi connectivity index (χ1n) is 5.70. The van der Waals surface area contributed by atoms with Gasteiger partial charge in [-0.25, -0.2) is 4.39 Å². The number of halogens is 1. The molecule has 0 aliphatic carbocycles. The van der Waals surface area contributed by atoms with Crippen LogP contribution >= 0.6 is 0 Å². The summed E-state index contributed by atoms with van der Waals surface area (Å²) in [5.74, 6) is -0.0655. The largest absolute Gasteiger partial charge is 0.399 e. The van der Waals surface area contributed by atoms with E-state index in [1.54, 1.807) is 0 Å². The third-order valence-electron chi connectivity index (χ3n) is 2.59. The van der Waals surface area contributed by atoms with Crippen molar-refractivity contribution in [1.29, 1.82) is 5.26 Å². The Labute approximate surface area is 109 Å². The number of nitrogens with two attached hydrogens (primary N) is 1. The van der Waals surface area contributed by atoms with Gasteiger partial charge in [0.1, 0.15) is 5.82 Å². The van der Waals surface area contributed by atoms with Gasteiger partial charge in [-0.15, -0.1) is 0 Å². The van der Waals surface area contributed by atoms with Gasteiger partial charge in [-0.1, -0.05) is 0 Å². The smallest absolute Gasteiger partial charge is 0.126 e. The predicted octanol–water partition coefficient (Wildman–Crippen LogP) is 2.85. The van der Waals surface area contributed by atoms with E-state index in [4.69, 9.17) is 11.0 Å². The van der Waals surface area contributed by atoms with Crippen LogP contribution in [-0.4, -0.2) is 9.96 Å². The molecule has 1 aromatic carbocycles. The van der Waals surface area contributed by atoms with Crippen molar-refractivity contribution in [2.45, 2.75) is 31.6 Å². The maximum absolute atomic E-state index is 13.1. The standard InChI is InChI=1S/C13H17FN2OS/c1-13(2,9-15)4-3-5-18(17)12-7-10(14)6-11(16)8-12/h6-8H,3-5,16H2,1-2H3. The van der Waals surface area contributed by atoms with Gasteiger partial charge < -0.3 is 5.73 Å². The molecule has 0 bridgehead atoms. The average molecular weight is 268 g/mol. The number of rotatable bonds is 5. The Morgan fingerprint density at radius 3 is 2.67 bits per heavy atom. The molecule has 5 heteroatoms. The summed E-state index contributed by atoms with van der Waals surface area (Å²) in [5.41, 5.74) is 5.36. The van der Waals surface area contributed by atoms with Gasteiger partial charge in [-0.3, -0.25) is 4.21 Å². The Bertz CT molecular complexity index is 474. The minimum atomic E-state index is -1.27. The molecule has 3 nitrogen and oxygen atoms in total. The Morgan fingerprint density at radius 1 is 1.44 bits per heavy atom. The van der Waals surface area contributed by atoms with Gasteiger partial charge in [-0.05, 0) is 44.9 Å². The van der Waals surface area contributed by atoms with Crippen LogP contribution < -0.4 is 5.73 Å². The van der Waals surface area contributed by atoms with Crippen LogP contribution in [0.5, 0.6) is 0 Å². The number of nitriles is 1. The molecule has 98 valence electrons. The fourth-order valence-electron chi connectivity index (χ4n) is 1.53. The average Bonchev–Trinajstić information content (AvgIpc) is 2.27. The summed E-state index contributed by atoms with van der Waals surface area (Å²) in [4.78, 5) is 0.405. The highest BCUT2D eigenvalue weighted by atomic mass is 32.2. The van der Waals surface area contributed by atoms with E-state index >= 15 is 0 Å². The van der Waals surface area contributed by atoms with Crippen LogP contribution in [-0.2, 0) is 10.8 Å². The van der Waals surface area contributed by atoms with Crippen molar-refractivity contribution in [2.75, 3.05) is 11.5 Å². The predicted molar refractivity (Wildman–Crippen MR) is 70.7 cm³/mol. The Kier molecular flexibility index (Phi) is 4.85. The molecule has 1 unspecified atom stereocenters. The van der Waals surface area contributed by atoms with Gasteiger partial charge in [0.2, 0.25) is 0 Å². The summed E-state index contributed by atoms with van der Waals surface area (Å²) < 4.78 is 25.0. The van der Waals surface area contributed by atoms with Crippen molar-refractivity contribution in [2.24, 2.45) is 5.41 Å². The molecule has 1 rings (SSSR count). The number of nitrogen functional groups attached to an aromatic ring is 1. The minimum absolute atomic E-state index is 0.274. The molecule has 0 saturated heterocycles. The van der Waals surface area contributed by atoms with E-state index in [9.17, 15) is 8.60 Å². The van der Waals surface area contributed by atoms with E-state index in [0.717, 1.165) is 0 Å². The molecule has 1 aromatic rings. The molecule has 0 amide bonds. The first-order valence-corrected chi connectivity index (χ1v) is 7.02. The normalized spacial score (nSPS) is 13.0. The topological polar surface area (TPSA) is 66.9 Å². The van der Waals surface area contributed by atoms with Crippen molar-refractivity contribution in [3.8, 4) is 6.07 Å². The third kappa shape index (κ3) is 4.46. The summed E-state index contributed by atoms with van der Waals surface area (Å²) >= 11 is 0. The Morgan fingerprint density at radius 2 is 2.11 bits per heavy atom. The Hall–Kier alpha value is -1.41. The fourth-order valence-corrected chi connectivity index (χ4v) is 2.69. The molecule has 0 fully saturated rings. The molecule has 0 spiro atoms. The molecule has 2 N–H and O–H groups in total. The zero-order valence-electron chi connectivity index (χ0n) is 10.6. The highest BCUT2D eigenvalue weighted by Gasteiger charge is 2.17. The summed E-state index contributed by atoms with van der Waals surface area (Å²) in [6.07, 6.45) is 1.32. The molecule has 0 aliphatic heterocycles. The molecule has 1 atom stereocenters. The van der Waals surface area contributed by atoms with Gasteiger partial charge in [0, 0.05) is 16.3 Å². The van der Waals surface area contributed by atoms with Crippen LogP contribution in [0.4, 0.5) is 10.1 Å². The monoisotopic (exact) mass is 268 g/mol. The summed E-state index contributed by atoms with van der Waals surface area (Å²) in [5, 5.41) is 8.86. The number of nitrogens with zero attached hydrogens (tertiary/aromatic N) is 1. The fraction of sp³-hybridized carbons (Fsp3) is 0.462. The Balaban J connectivity index is 2.59. The van der Waals surface area contributed by atoms with Gasteiger partial charge >= 0.3 is 0 Å². The summed E-state index contributed by atoms with van der Waals surface area (Å²) in [6, 6.07) is 6.15. The summed E-state index contributed by atoms with van der Waals surface area (Å²) in [6.45, 7) is 3.69. The van der Waals surface area contributed by atoms with E-state index in [2.05, 4.69) is 6.07 Å². The molecule has 0 aliphatic rings. The van der Waals surface area contributed by atoms with Crippen LogP contribution in [0.25, 0.3) is 0 Å². The zero-order chi connectivity index (χ0) is 13.8. The molecule has 0 aromatic heterocycles. The number of benzene rings is 1. The number of anilines is 1. The molecule has 0 heterocycles. The van der Waals surface area contributed by atoms with Crippen molar-refractivity contribution in [1.82, 2.24) is 0 Å². The van der Waals surface area contributed by atoms with Crippen molar-refractivity contribution in [3.05, 3.63) is 24.0 Å². The lowest BCUT2D eigenvalue weighted by Gasteiger charge is -2.14. The third-order valence-corrected chi connectivity index (χ3v) is 4.01. The van der Waals surface area contributed by atoms with Gasteiger partial charge in [0.15, 0.2) is 0 Å². The first-order chi connectivity index (χ1) is 8.34. The zero-order valence-corrected chi connectivity index (χ0v) is 11.4. The van der Waals surface area contributed by atoms with Gasteiger partial charge in [0.05, 0.1) is 22.3 Å². The molecular formula is C13H17FN2OS. The highest BCUT2D eigenvalue weighted by Crippen LogP contribution is 2.22.